The van der Waals surface area contributed by atoms with Gasteiger partial charge in [-0.25, -0.2) is 18.4 Å². The van der Waals surface area contributed by atoms with Gasteiger partial charge in [0.1, 0.15) is 0 Å². The SMILES string of the molecule is CN(C)CCCCNc1ncc2c(n1)-c1ccccc1C(c1ccc(NS(=O)(=O)/C=C/c3ccccc3)cc1)C2. The highest BCUT2D eigenvalue weighted by Crippen LogP contribution is 2.42. The fourth-order valence-corrected chi connectivity index (χ4v) is 5.85. The van der Waals surface area contributed by atoms with Crippen LogP contribution in [0.2, 0.25) is 0 Å². The standard InChI is InChI=1S/C32H35N5O2S/c1-37(2)20-9-8-19-33-32-34-23-26-22-30(28-12-6-7-13-29(28)31(26)35-32)25-14-16-27(17-15-25)36-40(38,39)21-18-24-10-4-3-5-11-24/h3-7,10-18,21,23,30,36H,8-9,19-20,22H2,1-2H3,(H,33,34,35)/b21-18+. The first-order valence-electron chi connectivity index (χ1n) is 13.6. The summed E-state index contributed by atoms with van der Waals surface area (Å²) in [5.41, 5.74) is 6.88. The van der Waals surface area contributed by atoms with Crippen molar-refractivity contribution in [2.45, 2.75) is 25.2 Å². The van der Waals surface area contributed by atoms with E-state index in [-0.39, 0.29) is 5.92 Å². The lowest BCUT2D eigenvalue weighted by atomic mass is 9.78. The van der Waals surface area contributed by atoms with Crippen molar-refractivity contribution in [1.82, 2.24) is 14.9 Å². The van der Waals surface area contributed by atoms with Crippen LogP contribution in [0.25, 0.3) is 17.3 Å². The van der Waals surface area contributed by atoms with E-state index in [1.807, 2.05) is 66.9 Å². The molecule has 0 spiro atoms. The van der Waals surface area contributed by atoms with E-state index < -0.39 is 10.0 Å². The van der Waals surface area contributed by atoms with Gasteiger partial charge in [0.25, 0.3) is 10.0 Å². The van der Waals surface area contributed by atoms with Gasteiger partial charge in [0.05, 0.1) is 11.1 Å². The number of anilines is 2. The van der Waals surface area contributed by atoms with E-state index >= 15 is 0 Å². The highest BCUT2D eigenvalue weighted by atomic mass is 32.2. The van der Waals surface area contributed by atoms with Gasteiger partial charge >= 0.3 is 0 Å². The minimum atomic E-state index is -3.63. The van der Waals surface area contributed by atoms with Crippen LogP contribution in [0.4, 0.5) is 11.6 Å². The fourth-order valence-electron chi connectivity index (χ4n) is 4.99. The van der Waals surface area contributed by atoms with Crippen molar-refractivity contribution in [2.75, 3.05) is 37.2 Å². The van der Waals surface area contributed by atoms with Crippen molar-refractivity contribution in [3.05, 3.63) is 113 Å². The maximum atomic E-state index is 12.6. The molecular formula is C32H35N5O2S. The number of hydrogen-bond acceptors (Lipinski definition) is 6. The van der Waals surface area contributed by atoms with E-state index in [9.17, 15) is 8.42 Å². The first kappa shape index (κ1) is 27.6. The predicted octanol–water partition coefficient (Wildman–Crippen LogP) is 6.00. The lowest BCUT2D eigenvalue weighted by molar-refractivity contribution is 0.396. The first-order chi connectivity index (χ1) is 19.4. The third kappa shape index (κ3) is 6.94. The normalized spacial score (nSPS) is 14.6. The Morgan fingerprint density at radius 3 is 2.48 bits per heavy atom. The molecule has 0 radical (unpaired) electrons. The van der Waals surface area contributed by atoms with Crippen LogP contribution < -0.4 is 10.0 Å². The zero-order valence-corrected chi connectivity index (χ0v) is 23.7. The third-order valence-corrected chi connectivity index (χ3v) is 8.02. The molecule has 1 heterocycles. The molecule has 0 amide bonds. The molecule has 1 unspecified atom stereocenters. The molecule has 5 rings (SSSR count). The lowest BCUT2D eigenvalue weighted by Crippen LogP contribution is -2.16. The van der Waals surface area contributed by atoms with Gasteiger partial charge in [-0.05, 0) is 80.4 Å². The molecule has 0 bridgehead atoms. The Balaban J connectivity index is 1.29. The molecule has 1 aliphatic rings. The Hall–Kier alpha value is -4.01. The lowest BCUT2D eigenvalue weighted by Gasteiger charge is -2.27. The number of unbranched alkanes of at least 4 members (excludes halogenated alkanes) is 1. The van der Waals surface area contributed by atoms with Crippen molar-refractivity contribution in [3.63, 3.8) is 0 Å². The van der Waals surface area contributed by atoms with Crippen molar-refractivity contribution in [1.29, 1.82) is 0 Å². The Bertz CT molecular complexity index is 1570. The Labute approximate surface area is 237 Å². The minimum Gasteiger partial charge on any atom is -0.354 e. The van der Waals surface area contributed by atoms with Gasteiger partial charge in [-0.15, -0.1) is 0 Å². The van der Waals surface area contributed by atoms with E-state index in [1.54, 1.807) is 6.08 Å². The van der Waals surface area contributed by atoms with Crippen molar-refractivity contribution in [2.24, 2.45) is 0 Å². The van der Waals surface area contributed by atoms with E-state index in [0.29, 0.717) is 11.6 Å². The largest absolute Gasteiger partial charge is 0.354 e. The average Bonchev–Trinajstić information content (AvgIpc) is 2.96. The smallest absolute Gasteiger partial charge is 0.255 e. The van der Waals surface area contributed by atoms with Gasteiger partial charge in [-0.3, -0.25) is 4.72 Å². The number of nitrogens with zero attached hydrogens (tertiary/aromatic N) is 3. The fraction of sp³-hybridized carbons (Fsp3) is 0.250. The van der Waals surface area contributed by atoms with Gasteiger partial charge < -0.3 is 10.2 Å². The second-order valence-corrected chi connectivity index (χ2v) is 11.9. The molecule has 1 atom stereocenters. The number of sulfonamides is 1. The summed E-state index contributed by atoms with van der Waals surface area (Å²) in [7, 11) is 0.547. The zero-order valence-electron chi connectivity index (χ0n) is 22.9. The van der Waals surface area contributed by atoms with Crippen LogP contribution in [0.3, 0.4) is 0 Å². The Kier molecular flexibility index (Phi) is 8.57. The molecular weight excluding hydrogens is 518 g/mol. The zero-order chi connectivity index (χ0) is 28.0. The summed E-state index contributed by atoms with van der Waals surface area (Å²) in [5, 5.41) is 4.58. The van der Waals surface area contributed by atoms with Gasteiger partial charge in [0, 0.05) is 29.9 Å². The molecule has 1 aliphatic carbocycles. The maximum Gasteiger partial charge on any atom is 0.255 e. The number of hydrogen-bond donors (Lipinski definition) is 2. The summed E-state index contributed by atoms with van der Waals surface area (Å²) in [6.45, 7) is 1.91. The van der Waals surface area contributed by atoms with Crippen molar-refractivity contribution >= 4 is 27.7 Å². The molecule has 1 aromatic heterocycles. The number of aromatic nitrogens is 2. The van der Waals surface area contributed by atoms with Crippen LogP contribution in [0.5, 0.6) is 0 Å². The number of fused-ring (bicyclic) bond motifs is 3. The topological polar surface area (TPSA) is 87.2 Å². The van der Waals surface area contributed by atoms with Crippen LogP contribution in [-0.2, 0) is 16.4 Å². The summed E-state index contributed by atoms with van der Waals surface area (Å²) in [4.78, 5) is 11.7. The summed E-state index contributed by atoms with van der Waals surface area (Å²) in [6.07, 6.45) is 6.49. The van der Waals surface area contributed by atoms with Crippen molar-refractivity contribution in [3.8, 4) is 11.3 Å². The Morgan fingerprint density at radius 2 is 1.70 bits per heavy atom. The van der Waals surface area contributed by atoms with Crippen molar-refractivity contribution < 1.29 is 8.42 Å². The molecule has 0 aliphatic heterocycles. The second kappa shape index (κ2) is 12.4. The van der Waals surface area contributed by atoms with Crippen LogP contribution >= 0.6 is 0 Å². The first-order valence-corrected chi connectivity index (χ1v) is 15.1. The number of benzene rings is 3. The van der Waals surface area contributed by atoms with Crippen LogP contribution in [0, 0.1) is 0 Å². The molecule has 206 valence electrons. The molecule has 0 saturated carbocycles. The summed E-state index contributed by atoms with van der Waals surface area (Å²) < 4.78 is 27.8. The van der Waals surface area contributed by atoms with Gasteiger partial charge in [0.15, 0.2) is 0 Å². The predicted molar refractivity (Wildman–Crippen MR) is 164 cm³/mol. The quantitative estimate of drug-likeness (QED) is 0.222. The minimum absolute atomic E-state index is 0.126. The van der Waals surface area contributed by atoms with Crippen LogP contribution in [0.15, 0.2) is 90.5 Å². The highest BCUT2D eigenvalue weighted by Gasteiger charge is 2.27. The number of nitrogens with one attached hydrogen (secondary N) is 2. The average molecular weight is 554 g/mol. The van der Waals surface area contributed by atoms with Gasteiger partial charge in [0.2, 0.25) is 5.95 Å². The summed E-state index contributed by atoms with van der Waals surface area (Å²) in [5.74, 6) is 0.788. The Morgan fingerprint density at radius 1 is 0.950 bits per heavy atom. The molecule has 0 saturated heterocycles. The van der Waals surface area contributed by atoms with E-state index in [1.165, 1.54) is 11.0 Å². The molecule has 8 heteroatoms. The number of rotatable bonds is 11. The van der Waals surface area contributed by atoms with Gasteiger partial charge in [-0.2, -0.15) is 0 Å². The second-order valence-electron chi connectivity index (χ2n) is 10.3. The molecule has 3 aromatic carbocycles. The van der Waals surface area contributed by atoms with E-state index in [2.05, 4.69) is 52.2 Å². The molecule has 40 heavy (non-hydrogen) atoms. The van der Waals surface area contributed by atoms with E-state index in [4.69, 9.17) is 4.98 Å². The summed E-state index contributed by atoms with van der Waals surface area (Å²) >= 11 is 0. The maximum absolute atomic E-state index is 12.6. The van der Waals surface area contributed by atoms with Gasteiger partial charge in [-0.1, -0.05) is 66.7 Å². The van der Waals surface area contributed by atoms with E-state index in [0.717, 1.165) is 60.3 Å². The highest BCUT2D eigenvalue weighted by molar-refractivity contribution is 7.95. The van der Waals surface area contributed by atoms with Crippen LogP contribution in [0.1, 0.15) is 41.0 Å². The monoisotopic (exact) mass is 553 g/mol. The molecule has 2 N–H and O–H groups in total. The molecule has 7 nitrogen and oxygen atoms in total. The third-order valence-electron chi connectivity index (χ3n) is 7.01. The molecule has 0 fully saturated rings. The summed E-state index contributed by atoms with van der Waals surface area (Å²) in [6, 6.07) is 25.4. The van der Waals surface area contributed by atoms with Crippen LogP contribution in [-0.4, -0.2) is 50.5 Å². The molecule has 4 aromatic rings.